The van der Waals surface area contributed by atoms with Crippen LogP contribution in [-0.4, -0.2) is 47.1 Å². The molecule has 0 atom stereocenters. The molecule has 1 N–H and O–H groups in total. The molecule has 5 amide bonds. The Kier molecular flexibility index (Phi) is 3.71. The van der Waals surface area contributed by atoms with Gasteiger partial charge in [-0.25, -0.2) is 9.69 Å². The highest BCUT2D eigenvalue weighted by Crippen LogP contribution is 2.15. The van der Waals surface area contributed by atoms with Crippen molar-refractivity contribution in [3.8, 4) is 0 Å². The topological polar surface area (TPSA) is 86.8 Å². The van der Waals surface area contributed by atoms with Gasteiger partial charge in [0, 0.05) is 17.8 Å². The van der Waals surface area contributed by atoms with E-state index in [1.54, 1.807) is 18.2 Å². The summed E-state index contributed by atoms with van der Waals surface area (Å²) < 4.78 is 0. The van der Waals surface area contributed by atoms with E-state index in [1.807, 2.05) is 0 Å². The third kappa shape index (κ3) is 2.62. The molecule has 0 unspecified atom stereocenters. The number of benzene rings is 1. The van der Waals surface area contributed by atoms with Gasteiger partial charge in [-0.2, -0.15) is 0 Å². The van der Waals surface area contributed by atoms with E-state index in [0.29, 0.717) is 20.5 Å². The first-order valence-electron chi connectivity index (χ1n) is 5.59. The number of nitrogens with one attached hydrogen (secondary N) is 1. The summed E-state index contributed by atoms with van der Waals surface area (Å²) in [5.41, 5.74) is 0.432. The number of hydrogen-bond donors (Lipinski definition) is 1. The van der Waals surface area contributed by atoms with Crippen LogP contribution in [0, 0.1) is 0 Å². The highest BCUT2D eigenvalue weighted by molar-refractivity contribution is 6.45. The molecule has 1 heterocycles. The standard InChI is InChI=1S/C12H10ClN3O4/c1-15-10(18)11(19)16(12(15)20)6-9(17)14-8-4-2-3-7(13)5-8/h2-5H,6H2,1H3,(H,14,17). The fraction of sp³-hybridized carbons (Fsp3) is 0.167. The fourth-order valence-corrected chi connectivity index (χ4v) is 1.85. The normalized spacial score (nSPS) is 15.0. The zero-order chi connectivity index (χ0) is 14.9. The smallest absolute Gasteiger partial charge is 0.324 e. The van der Waals surface area contributed by atoms with E-state index in [-0.39, 0.29) is 0 Å². The fourth-order valence-electron chi connectivity index (χ4n) is 1.66. The molecular formula is C12H10ClN3O4. The van der Waals surface area contributed by atoms with E-state index < -0.39 is 30.3 Å². The van der Waals surface area contributed by atoms with Gasteiger partial charge in [0.15, 0.2) is 0 Å². The Bertz CT molecular complexity index is 616. The number of urea groups is 1. The van der Waals surface area contributed by atoms with Crippen LogP contribution in [0.15, 0.2) is 24.3 Å². The lowest BCUT2D eigenvalue weighted by Gasteiger charge is -2.12. The Morgan fingerprint density at radius 3 is 2.50 bits per heavy atom. The van der Waals surface area contributed by atoms with E-state index >= 15 is 0 Å². The largest absolute Gasteiger partial charge is 0.334 e. The van der Waals surface area contributed by atoms with E-state index in [1.165, 1.54) is 13.1 Å². The Labute approximate surface area is 119 Å². The first-order chi connectivity index (χ1) is 9.40. The van der Waals surface area contributed by atoms with Crippen LogP contribution in [0.2, 0.25) is 5.02 Å². The van der Waals surface area contributed by atoms with E-state index in [0.717, 1.165) is 0 Å². The first kappa shape index (κ1) is 14.0. The van der Waals surface area contributed by atoms with Crippen LogP contribution in [0.4, 0.5) is 10.5 Å². The van der Waals surface area contributed by atoms with Gasteiger partial charge in [-0.3, -0.25) is 19.3 Å². The molecule has 0 aliphatic carbocycles. The molecule has 0 spiro atoms. The maximum absolute atomic E-state index is 11.8. The number of imide groups is 2. The van der Waals surface area contributed by atoms with Crippen molar-refractivity contribution in [3.63, 3.8) is 0 Å². The number of nitrogens with zero attached hydrogens (tertiary/aromatic N) is 2. The molecule has 1 saturated heterocycles. The predicted octanol–water partition coefficient (Wildman–Crippen LogP) is 0.699. The summed E-state index contributed by atoms with van der Waals surface area (Å²) in [6.45, 7) is -0.528. The number of hydrogen-bond acceptors (Lipinski definition) is 4. The second kappa shape index (κ2) is 5.30. The summed E-state index contributed by atoms with van der Waals surface area (Å²) in [5.74, 6) is -2.57. The minimum Gasteiger partial charge on any atom is -0.324 e. The summed E-state index contributed by atoms with van der Waals surface area (Å²) in [4.78, 5) is 47.3. The molecule has 1 aromatic rings. The molecule has 7 nitrogen and oxygen atoms in total. The Morgan fingerprint density at radius 2 is 1.95 bits per heavy atom. The van der Waals surface area contributed by atoms with Crippen molar-refractivity contribution < 1.29 is 19.2 Å². The highest BCUT2D eigenvalue weighted by Gasteiger charge is 2.42. The van der Waals surface area contributed by atoms with Gasteiger partial charge in [0.1, 0.15) is 6.54 Å². The second-order valence-electron chi connectivity index (χ2n) is 4.10. The quantitative estimate of drug-likeness (QED) is 0.657. The summed E-state index contributed by atoms with van der Waals surface area (Å²) in [6.07, 6.45) is 0. The zero-order valence-electron chi connectivity index (χ0n) is 10.4. The highest BCUT2D eigenvalue weighted by atomic mass is 35.5. The number of halogens is 1. The summed E-state index contributed by atoms with van der Waals surface area (Å²) in [7, 11) is 1.18. The van der Waals surface area contributed by atoms with Gasteiger partial charge in [-0.05, 0) is 18.2 Å². The summed E-state index contributed by atoms with van der Waals surface area (Å²) in [6, 6.07) is 5.58. The molecular weight excluding hydrogens is 286 g/mol. The predicted molar refractivity (Wildman–Crippen MR) is 70.0 cm³/mol. The molecule has 104 valence electrons. The second-order valence-corrected chi connectivity index (χ2v) is 4.53. The van der Waals surface area contributed by atoms with Crippen LogP contribution < -0.4 is 5.32 Å². The SMILES string of the molecule is CN1C(=O)C(=O)N(CC(=O)Nc2cccc(Cl)c2)C1=O. The number of carbonyl (C=O) groups excluding carboxylic acids is 4. The number of amides is 5. The van der Waals surface area contributed by atoms with Crippen molar-refractivity contribution in [3.05, 3.63) is 29.3 Å². The lowest BCUT2D eigenvalue weighted by molar-refractivity contribution is -0.143. The van der Waals surface area contributed by atoms with Crippen molar-refractivity contribution in [2.24, 2.45) is 0 Å². The van der Waals surface area contributed by atoms with Gasteiger partial charge in [0.2, 0.25) is 5.91 Å². The van der Waals surface area contributed by atoms with Crippen LogP contribution in [-0.2, 0) is 14.4 Å². The minimum absolute atomic E-state index is 0.432. The minimum atomic E-state index is -1.02. The van der Waals surface area contributed by atoms with Crippen molar-refractivity contribution in [2.75, 3.05) is 18.9 Å². The van der Waals surface area contributed by atoms with Crippen LogP contribution in [0.5, 0.6) is 0 Å². The van der Waals surface area contributed by atoms with E-state index in [2.05, 4.69) is 5.32 Å². The first-order valence-corrected chi connectivity index (χ1v) is 5.97. The van der Waals surface area contributed by atoms with Crippen LogP contribution in [0.25, 0.3) is 0 Å². The summed E-state index contributed by atoms with van der Waals surface area (Å²) in [5, 5.41) is 2.92. The molecule has 20 heavy (non-hydrogen) atoms. The van der Waals surface area contributed by atoms with Crippen molar-refractivity contribution in [1.82, 2.24) is 9.80 Å². The van der Waals surface area contributed by atoms with Gasteiger partial charge in [0.25, 0.3) is 0 Å². The maximum atomic E-state index is 11.8. The van der Waals surface area contributed by atoms with E-state index in [9.17, 15) is 19.2 Å². The van der Waals surface area contributed by atoms with Gasteiger partial charge < -0.3 is 5.32 Å². The molecule has 2 rings (SSSR count). The average Bonchev–Trinajstić information content (AvgIpc) is 2.57. The van der Waals surface area contributed by atoms with Crippen LogP contribution in [0.3, 0.4) is 0 Å². The molecule has 0 aromatic heterocycles. The molecule has 8 heteroatoms. The monoisotopic (exact) mass is 295 g/mol. The Balaban J connectivity index is 2.04. The molecule has 0 saturated carbocycles. The lowest BCUT2D eigenvalue weighted by atomic mass is 10.3. The third-order valence-electron chi connectivity index (χ3n) is 2.66. The third-order valence-corrected chi connectivity index (χ3v) is 2.90. The van der Waals surface area contributed by atoms with Gasteiger partial charge in [0.05, 0.1) is 0 Å². The average molecular weight is 296 g/mol. The van der Waals surface area contributed by atoms with Crippen molar-refractivity contribution in [2.45, 2.75) is 0 Å². The van der Waals surface area contributed by atoms with Gasteiger partial charge in [-0.1, -0.05) is 17.7 Å². The Hall–Kier alpha value is -2.41. The maximum Gasteiger partial charge on any atom is 0.334 e. The molecule has 0 bridgehead atoms. The molecule has 1 fully saturated rings. The lowest BCUT2D eigenvalue weighted by Crippen LogP contribution is -2.38. The molecule has 1 aliphatic rings. The van der Waals surface area contributed by atoms with E-state index in [4.69, 9.17) is 11.6 Å². The zero-order valence-corrected chi connectivity index (χ0v) is 11.2. The Morgan fingerprint density at radius 1 is 1.25 bits per heavy atom. The van der Waals surface area contributed by atoms with Crippen molar-refractivity contribution >= 4 is 41.0 Å². The number of carbonyl (C=O) groups is 4. The van der Waals surface area contributed by atoms with Gasteiger partial charge >= 0.3 is 17.8 Å². The molecule has 1 aromatic carbocycles. The number of anilines is 1. The molecule has 0 radical (unpaired) electrons. The summed E-state index contributed by atoms with van der Waals surface area (Å²) >= 11 is 5.76. The number of likely N-dealkylation sites (N-methyl/N-ethyl adjacent to an activating group) is 1. The van der Waals surface area contributed by atoms with Gasteiger partial charge in [-0.15, -0.1) is 0 Å². The van der Waals surface area contributed by atoms with Crippen LogP contribution in [0.1, 0.15) is 0 Å². The number of rotatable bonds is 3. The van der Waals surface area contributed by atoms with Crippen molar-refractivity contribution in [1.29, 1.82) is 0 Å². The molecule has 1 aliphatic heterocycles. The van der Waals surface area contributed by atoms with Crippen LogP contribution >= 0.6 is 11.6 Å².